The van der Waals surface area contributed by atoms with Gasteiger partial charge in [-0.3, -0.25) is 9.69 Å². The van der Waals surface area contributed by atoms with Crippen LogP contribution in [0.25, 0.3) is 0 Å². The minimum absolute atomic E-state index is 0.0191. The SMILES string of the molecule is CNCC(O)CN1CCc2c(cccc2C(=O)NCc2ccccc2)C1. The van der Waals surface area contributed by atoms with Gasteiger partial charge < -0.3 is 15.7 Å². The first kappa shape index (κ1) is 18.6. The van der Waals surface area contributed by atoms with Crippen molar-refractivity contribution in [3.8, 4) is 0 Å². The first-order valence-electron chi connectivity index (χ1n) is 9.15. The van der Waals surface area contributed by atoms with E-state index in [2.05, 4.69) is 21.6 Å². The van der Waals surface area contributed by atoms with E-state index in [0.29, 0.717) is 19.6 Å². The second-order valence-electron chi connectivity index (χ2n) is 6.81. The summed E-state index contributed by atoms with van der Waals surface area (Å²) in [4.78, 5) is 14.9. The monoisotopic (exact) mass is 353 g/mol. The van der Waals surface area contributed by atoms with Gasteiger partial charge in [-0.05, 0) is 36.2 Å². The molecule has 138 valence electrons. The second-order valence-corrected chi connectivity index (χ2v) is 6.81. The minimum Gasteiger partial charge on any atom is -0.390 e. The van der Waals surface area contributed by atoms with Crippen LogP contribution in [-0.4, -0.2) is 48.7 Å². The molecule has 0 radical (unpaired) electrons. The normalized spacial score (nSPS) is 15.3. The highest BCUT2D eigenvalue weighted by atomic mass is 16.3. The maximum absolute atomic E-state index is 12.7. The highest BCUT2D eigenvalue weighted by Crippen LogP contribution is 2.23. The van der Waals surface area contributed by atoms with Crippen LogP contribution in [0.1, 0.15) is 27.0 Å². The van der Waals surface area contributed by atoms with Crippen LogP contribution in [0, 0.1) is 0 Å². The molecule has 0 spiro atoms. The van der Waals surface area contributed by atoms with Gasteiger partial charge in [-0.1, -0.05) is 42.5 Å². The van der Waals surface area contributed by atoms with Crippen LogP contribution in [0.2, 0.25) is 0 Å². The summed E-state index contributed by atoms with van der Waals surface area (Å²) in [6, 6.07) is 15.9. The number of nitrogens with one attached hydrogen (secondary N) is 2. The standard InChI is InChI=1S/C21H27N3O2/c1-22-13-18(25)15-24-11-10-19-17(14-24)8-5-9-20(19)21(26)23-12-16-6-3-2-4-7-16/h2-9,18,22,25H,10-15H2,1H3,(H,23,26). The van der Waals surface area contributed by atoms with Crippen molar-refractivity contribution in [2.75, 3.05) is 26.7 Å². The smallest absolute Gasteiger partial charge is 0.251 e. The molecule has 1 amide bonds. The van der Waals surface area contributed by atoms with E-state index in [0.717, 1.165) is 36.2 Å². The molecule has 0 bridgehead atoms. The van der Waals surface area contributed by atoms with E-state index in [1.807, 2.05) is 49.5 Å². The average molecular weight is 353 g/mol. The van der Waals surface area contributed by atoms with Crippen LogP contribution < -0.4 is 10.6 Å². The molecule has 26 heavy (non-hydrogen) atoms. The Bertz CT molecular complexity index is 733. The number of carbonyl (C=O) groups is 1. The lowest BCUT2D eigenvalue weighted by Crippen LogP contribution is -2.40. The van der Waals surface area contributed by atoms with E-state index < -0.39 is 0 Å². The molecular formula is C21H27N3O2. The molecule has 5 heteroatoms. The largest absolute Gasteiger partial charge is 0.390 e. The van der Waals surface area contributed by atoms with Gasteiger partial charge >= 0.3 is 0 Å². The summed E-state index contributed by atoms with van der Waals surface area (Å²) in [5, 5.41) is 16.0. The Hall–Kier alpha value is -2.21. The summed E-state index contributed by atoms with van der Waals surface area (Å²) >= 11 is 0. The van der Waals surface area contributed by atoms with Crippen molar-refractivity contribution < 1.29 is 9.90 Å². The van der Waals surface area contributed by atoms with Gasteiger partial charge in [0.05, 0.1) is 6.10 Å². The molecule has 1 heterocycles. The number of carbonyl (C=O) groups excluding carboxylic acids is 1. The van der Waals surface area contributed by atoms with Crippen LogP contribution in [0.4, 0.5) is 0 Å². The zero-order valence-electron chi connectivity index (χ0n) is 15.2. The van der Waals surface area contributed by atoms with Crippen LogP contribution in [0.3, 0.4) is 0 Å². The van der Waals surface area contributed by atoms with Crippen molar-refractivity contribution in [3.63, 3.8) is 0 Å². The van der Waals surface area contributed by atoms with Gasteiger partial charge in [-0.25, -0.2) is 0 Å². The number of aliphatic hydroxyl groups is 1. The van der Waals surface area contributed by atoms with Gasteiger partial charge in [-0.15, -0.1) is 0 Å². The number of hydrogen-bond acceptors (Lipinski definition) is 4. The Morgan fingerprint density at radius 2 is 2.00 bits per heavy atom. The fraction of sp³-hybridized carbons (Fsp3) is 0.381. The van der Waals surface area contributed by atoms with Crippen molar-refractivity contribution in [2.45, 2.75) is 25.6 Å². The third kappa shape index (κ3) is 4.69. The lowest BCUT2D eigenvalue weighted by atomic mass is 9.94. The summed E-state index contributed by atoms with van der Waals surface area (Å²) in [5.74, 6) is -0.0191. The summed E-state index contributed by atoms with van der Waals surface area (Å²) in [5.41, 5.74) is 4.18. The number of aliphatic hydroxyl groups excluding tert-OH is 1. The predicted octanol–water partition coefficient (Wildman–Crippen LogP) is 1.55. The molecule has 5 nitrogen and oxygen atoms in total. The van der Waals surface area contributed by atoms with Crippen LogP contribution >= 0.6 is 0 Å². The number of benzene rings is 2. The first-order chi connectivity index (χ1) is 12.7. The number of likely N-dealkylation sites (N-methyl/N-ethyl adjacent to an activating group) is 1. The number of nitrogens with zero attached hydrogens (tertiary/aromatic N) is 1. The number of hydrogen-bond donors (Lipinski definition) is 3. The van der Waals surface area contributed by atoms with E-state index in [9.17, 15) is 9.90 Å². The predicted molar refractivity (Wildman–Crippen MR) is 103 cm³/mol. The molecule has 0 saturated heterocycles. The fourth-order valence-corrected chi connectivity index (χ4v) is 3.51. The van der Waals surface area contributed by atoms with Crippen LogP contribution in [-0.2, 0) is 19.5 Å². The Morgan fingerprint density at radius 3 is 2.77 bits per heavy atom. The molecule has 1 atom stereocenters. The Morgan fingerprint density at radius 1 is 1.19 bits per heavy atom. The van der Waals surface area contributed by atoms with Gasteiger partial charge in [0, 0.05) is 38.3 Å². The molecule has 3 N–H and O–H groups in total. The number of rotatable bonds is 7. The zero-order valence-corrected chi connectivity index (χ0v) is 15.2. The van der Waals surface area contributed by atoms with Crippen molar-refractivity contribution >= 4 is 5.91 Å². The van der Waals surface area contributed by atoms with E-state index in [1.165, 1.54) is 5.56 Å². The van der Waals surface area contributed by atoms with E-state index in [-0.39, 0.29) is 12.0 Å². The molecule has 2 aromatic rings. The van der Waals surface area contributed by atoms with Gasteiger partial charge in [0.2, 0.25) is 0 Å². The Kier molecular flexibility index (Phi) is 6.39. The van der Waals surface area contributed by atoms with Gasteiger partial charge in [-0.2, -0.15) is 0 Å². The average Bonchev–Trinajstić information content (AvgIpc) is 2.66. The van der Waals surface area contributed by atoms with Crippen LogP contribution in [0.5, 0.6) is 0 Å². The van der Waals surface area contributed by atoms with Crippen molar-refractivity contribution in [1.82, 2.24) is 15.5 Å². The number of fused-ring (bicyclic) bond motifs is 1. The maximum atomic E-state index is 12.7. The molecule has 0 fully saturated rings. The van der Waals surface area contributed by atoms with Crippen molar-refractivity contribution in [2.24, 2.45) is 0 Å². The molecule has 1 aliphatic heterocycles. The second kappa shape index (κ2) is 8.94. The topological polar surface area (TPSA) is 64.6 Å². The molecule has 3 rings (SSSR count). The third-order valence-electron chi connectivity index (χ3n) is 4.79. The first-order valence-corrected chi connectivity index (χ1v) is 9.15. The fourth-order valence-electron chi connectivity index (χ4n) is 3.51. The quantitative estimate of drug-likeness (QED) is 0.707. The summed E-state index contributed by atoms with van der Waals surface area (Å²) in [7, 11) is 1.84. The number of amides is 1. The van der Waals surface area contributed by atoms with Gasteiger partial charge in [0.1, 0.15) is 0 Å². The Balaban J connectivity index is 1.65. The molecule has 0 aromatic heterocycles. The lowest BCUT2D eigenvalue weighted by Gasteiger charge is -2.31. The molecule has 0 saturated carbocycles. The number of β-amino-alcohol motifs (C(OH)–C–C–N with tert-alkyl or cyclic N) is 1. The molecule has 1 unspecified atom stereocenters. The highest BCUT2D eigenvalue weighted by Gasteiger charge is 2.22. The molecule has 2 aromatic carbocycles. The van der Waals surface area contributed by atoms with E-state index >= 15 is 0 Å². The van der Waals surface area contributed by atoms with Crippen LogP contribution in [0.15, 0.2) is 48.5 Å². The van der Waals surface area contributed by atoms with Crippen molar-refractivity contribution in [3.05, 3.63) is 70.8 Å². The summed E-state index contributed by atoms with van der Waals surface area (Å²) in [6.45, 7) is 3.40. The Labute approximate surface area is 155 Å². The van der Waals surface area contributed by atoms with Gasteiger partial charge in [0.15, 0.2) is 0 Å². The molecular weight excluding hydrogens is 326 g/mol. The minimum atomic E-state index is -0.376. The molecule has 0 aliphatic carbocycles. The summed E-state index contributed by atoms with van der Waals surface area (Å²) in [6.07, 6.45) is 0.454. The molecule has 1 aliphatic rings. The lowest BCUT2D eigenvalue weighted by molar-refractivity contribution is 0.0942. The zero-order chi connectivity index (χ0) is 18.4. The van der Waals surface area contributed by atoms with Crippen molar-refractivity contribution in [1.29, 1.82) is 0 Å². The highest BCUT2D eigenvalue weighted by molar-refractivity contribution is 5.96. The maximum Gasteiger partial charge on any atom is 0.251 e. The van der Waals surface area contributed by atoms with E-state index in [4.69, 9.17) is 0 Å². The van der Waals surface area contributed by atoms with Gasteiger partial charge in [0.25, 0.3) is 5.91 Å². The summed E-state index contributed by atoms with van der Waals surface area (Å²) < 4.78 is 0. The van der Waals surface area contributed by atoms with E-state index in [1.54, 1.807) is 0 Å². The third-order valence-corrected chi connectivity index (χ3v) is 4.79.